The van der Waals surface area contributed by atoms with Gasteiger partial charge in [-0.1, -0.05) is 12.1 Å². The Kier molecular flexibility index (Phi) is 5.08. The lowest BCUT2D eigenvalue weighted by Gasteiger charge is -2.32. The third-order valence-corrected chi connectivity index (χ3v) is 5.30. The number of methoxy groups -OCH3 is 1. The molecule has 3 rings (SSSR count). The maximum absolute atomic E-state index is 12.8. The monoisotopic (exact) mass is 330 g/mol. The first-order valence-corrected chi connectivity index (χ1v) is 8.84. The summed E-state index contributed by atoms with van der Waals surface area (Å²) in [5.74, 6) is 0.481. The largest absolute Gasteiger partial charge is 0.380 e. The van der Waals surface area contributed by atoms with Gasteiger partial charge in [-0.2, -0.15) is 0 Å². The fourth-order valence-corrected chi connectivity index (χ4v) is 3.99. The number of carbonyl (C=O) groups is 1. The van der Waals surface area contributed by atoms with Gasteiger partial charge < -0.3 is 9.64 Å². The average Bonchev–Trinajstić information content (AvgIpc) is 3.01. The lowest BCUT2D eigenvalue weighted by Crippen LogP contribution is -2.39. The number of piperidine rings is 1. The SMILES string of the molecule is COCc1cccc(C(=O)N2CCCC(c3nc(C)cs3)C2)c1. The van der Waals surface area contributed by atoms with Gasteiger partial charge in [-0.15, -0.1) is 11.3 Å². The van der Waals surface area contributed by atoms with Crippen LogP contribution in [0.25, 0.3) is 0 Å². The Morgan fingerprint density at radius 2 is 2.35 bits per heavy atom. The molecule has 1 aliphatic heterocycles. The number of likely N-dealkylation sites (tertiary alicyclic amines) is 1. The molecule has 1 fully saturated rings. The molecule has 0 radical (unpaired) electrons. The van der Waals surface area contributed by atoms with Crippen molar-refractivity contribution in [3.05, 3.63) is 51.5 Å². The van der Waals surface area contributed by atoms with Crippen molar-refractivity contribution in [1.82, 2.24) is 9.88 Å². The van der Waals surface area contributed by atoms with Crippen LogP contribution in [0.1, 0.15) is 45.4 Å². The zero-order valence-corrected chi connectivity index (χ0v) is 14.4. The number of aromatic nitrogens is 1. The van der Waals surface area contributed by atoms with E-state index in [0.717, 1.165) is 47.8 Å². The highest BCUT2D eigenvalue weighted by Crippen LogP contribution is 2.29. The van der Waals surface area contributed by atoms with E-state index in [1.807, 2.05) is 36.1 Å². The quantitative estimate of drug-likeness (QED) is 0.860. The number of hydrogen-bond acceptors (Lipinski definition) is 4. The molecule has 5 heteroatoms. The van der Waals surface area contributed by atoms with Gasteiger partial charge in [0.1, 0.15) is 0 Å². The van der Waals surface area contributed by atoms with Gasteiger partial charge in [0.25, 0.3) is 5.91 Å². The van der Waals surface area contributed by atoms with Gasteiger partial charge in [-0.05, 0) is 37.5 Å². The maximum atomic E-state index is 12.8. The molecule has 1 atom stereocenters. The molecule has 23 heavy (non-hydrogen) atoms. The minimum atomic E-state index is 0.112. The number of thiazole rings is 1. The summed E-state index contributed by atoms with van der Waals surface area (Å²) < 4.78 is 5.15. The smallest absolute Gasteiger partial charge is 0.253 e. The molecule has 0 aliphatic carbocycles. The fraction of sp³-hybridized carbons (Fsp3) is 0.444. The van der Waals surface area contributed by atoms with Crippen LogP contribution in [0.3, 0.4) is 0 Å². The van der Waals surface area contributed by atoms with Crippen molar-refractivity contribution in [2.45, 2.75) is 32.3 Å². The molecule has 1 saturated heterocycles. The molecular weight excluding hydrogens is 308 g/mol. The van der Waals surface area contributed by atoms with E-state index < -0.39 is 0 Å². The number of benzene rings is 1. The number of ether oxygens (including phenoxy) is 1. The van der Waals surface area contributed by atoms with Crippen LogP contribution >= 0.6 is 11.3 Å². The average molecular weight is 330 g/mol. The van der Waals surface area contributed by atoms with Crippen LogP contribution in [0.2, 0.25) is 0 Å². The molecular formula is C18H22N2O2S. The second-order valence-corrected chi connectivity index (χ2v) is 6.94. The molecule has 0 spiro atoms. The van der Waals surface area contributed by atoms with Gasteiger partial charge >= 0.3 is 0 Å². The van der Waals surface area contributed by atoms with Crippen molar-refractivity contribution in [3.63, 3.8) is 0 Å². The second-order valence-electron chi connectivity index (χ2n) is 6.05. The van der Waals surface area contributed by atoms with Crippen molar-refractivity contribution >= 4 is 17.2 Å². The van der Waals surface area contributed by atoms with Gasteiger partial charge in [0.15, 0.2) is 0 Å². The molecule has 1 aliphatic rings. The lowest BCUT2D eigenvalue weighted by atomic mass is 9.97. The number of rotatable bonds is 4. The van der Waals surface area contributed by atoms with Gasteiger partial charge in [-0.25, -0.2) is 4.98 Å². The molecule has 4 nitrogen and oxygen atoms in total. The van der Waals surface area contributed by atoms with Crippen LogP contribution < -0.4 is 0 Å². The van der Waals surface area contributed by atoms with E-state index in [0.29, 0.717) is 12.5 Å². The van der Waals surface area contributed by atoms with E-state index in [-0.39, 0.29) is 5.91 Å². The minimum Gasteiger partial charge on any atom is -0.380 e. The highest BCUT2D eigenvalue weighted by molar-refractivity contribution is 7.09. The Hall–Kier alpha value is -1.72. The standard InChI is InChI=1S/C18H22N2O2S/c1-13-12-23-17(19-13)16-7-4-8-20(10-16)18(21)15-6-3-5-14(9-15)11-22-2/h3,5-6,9,12,16H,4,7-8,10-11H2,1-2H3. The Labute approximate surface area is 141 Å². The van der Waals surface area contributed by atoms with Crippen molar-refractivity contribution in [2.24, 2.45) is 0 Å². The van der Waals surface area contributed by atoms with E-state index in [4.69, 9.17) is 4.74 Å². The van der Waals surface area contributed by atoms with Crippen molar-refractivity contribution in [1.29, 1.82) is 0 Å². The summed E-state index contributed by atoms with van der Waals surface area (Å²) in [7, 11) is 1.67. The fourth-order valence-electron chi connectivity index (χ4n) is 3.07. The molecule has 1 amide bonds. The van der Waals surface area contributed by atoms with Gasteiger partial charge in [-0.3, -0.25) is 4.79 Å². The predicted molar refractivity (Wildman–Crippen MR) is 91.9 cm³/mol. The van der Waals surface area contributed by atoms with E-state index in [1.54, 1.807) is 18.4 Å². The summed E-state index contributed by atoms with van der Waals surface area (Å²) in [5, 5.41) is 3.25. The zero-order chi connectivity index (χ0) is 16.2. The number of hydrogen-bond donors (Lipinski definition) is 0. The van der Waals surface area contributed by atoms with Crippen LogP contribution in [0.5, 0.6) is 0 Å². The second kappa shape index (κ2) is 7.23. The molecule has 0 N–H and O–H groups in total. The molecule has 2 heterocycles. The summed E-state index contributed by atoms with van der Waals surface area (Å²) in [6, 6.07) is 7.73. The van der Waals surface area contributed by atoms with Crippen LogP contribution in [0.15, 0.2) is 29.6 Å². The Balaban J connectivity index is 1.73. The Morgan fingerprint density at radius 3 is 3.09 bits per heavy atom. The normalized spacial score (nSPS) is 18.2. The number of carbonyl (C=O) groups excluding carboxylic acids is 1. The molecule has 1 aromatic carbocycles. The highest BCUT2D eigenvalue weighted by atomic mass is 32.1. The number of amides is 1. The van der Waals surface area contributed by atoms with Gasteiger partial charge in [0.05, 0.1) is 11.6 Å². The van der Waals surface area contributed by atoms with Crippen molar-refractivity contribution in [3.8, 4) is 0 Å². The summed E-state index contributed by atoms with van der Waals surface area (Å²) in [6.07, 6.45) is 2.15. The van der Waals surface area contributed by atoms with E-state index in [9.17, 15) is 4.79 Å². The molecule has 1 unspecified atom stereocenters. The van der Waals surface area contributed by atoms with Crippen LogP contribution in [0.4, 0.5) is 0 Å². The van der Waals surface area contributed by atoms with Gasteiger partial charge in [0, 0.05) is 42.8 Å². The van der Waals surface area contributed by atoms with Crippen molar-refractivity contribution < 1.29 is 9.53 Å². The molecule has 122 valence electrons. The number of aryl methyl sites for hydroxylation is 1. The molecule has 1 aromatic heterocycles. The summed E-state index contributed by atoms with van der Waals surface area (Å²) >= 11 is 1.71. The van der Waals surface area contributed by atoms with E-state index in [1.165, 1.54) is 0 Å². The summed E-state index contributed by atoms with van der Waals surface area (Å²) in [5.41, 5.74) is 2.85. The summed E-state index contributed by atoms with van der Waals surface area (Å²) in [4.78, 5) is 19.4. The topological polar surface area (TPSA) is 42.4 Å². The zero-order valence-electron chi connectivity index (χ0n) is 13.6. The third kappa shape index (κ3) is 3.79. The van der Waals surface area contributed by atoms with Crippen LogP contribution in [-0.2, 0) is 11.3 Å². The number of nitrogens with zero attached hydrogens (tertiary/aromatic N) is 2. The lowest BCUT2D eigenvalue weighted by molar-refractivity contribution is 0.0706. The van der Waals surface area contributed by atoms with Crippen LogP contribution in [-0.4, -0.2) is 36.0 Å². The first kappa shape index (κ1) is 16.1. The molecule has 2 aromatic rings. The predicted octanol–water partition coefficient (Wildman–Crippen LogP) is 3.62. The minimum absolute atomic E-state index is 0.112. The van der Waals surface area contributed by atoms with E-state index in [2.05, 4.69) is 10.4 Å². The Bertz CT molecular complexity index is 683. The maximum Gasteiger partial charge on any atom is 0.253 e. The highest BCUT2D eigenvalue weighted by Gasteiger charge is 2.27. The third-order valence-electron chi connectivity index (χ3n) is 4.18. The van der Waals surface area contributed by atoms with Crippen molar-refractivity contribution in [2.75, 3.05) is 20.2 Å². The first-order chi connectivity index (χ1) is 11.2. The van der Waals surface area contributed by atoms with Gasteiger partial charge in [0.2, 0.25) is 0 Å². The van der Waals surface area contributed by atoms with Crippen LogP contribution in [0, 0.1) is 6.92 Å². The van der Waals surface area contributed by atoms with E-state index >= 15 is 0 Å². The molecule has 0 saturated carbocycles. The molecule has 0 bridgehead atoms. The Morgan fingerprint density at radius 1 is 1.48 bits per heavy atom. The summed E-state index contributed by atoms with van der Waals surface area (Å²) in [6.45, 7) is 4.14. The first-order valence-electron chi connectivity index (χ1n) is 7.96.